The van der Waals surface area contributed by atoms with Crippen molar-refractivity contribution in [2.75, 3.05) is 24.3 Å². The minimum absolute atomic E-state index is 0.652. The topological polar surface area (TPSA) is 66.8 Å². The van der Waals surface area contributed by atoms with Crippen molar-refractivity contribution in [3.05, 3.63) is 12.3 Å². The van der Waals surface area contributed by atoms with Crippen LogP contribution in [0.25, 0.3) is 11.0 Å². The van der Waals surface area contributed by atoms with Gasteiger partial charge >= 0.3 is 0 Å². The fourth-order valence-electron chi connectivity index (χ4n) is 1.67. The van der Waals surface area contributed by atoms with E-state index in [0.717, 1.165) is 29.8 Å². The number of hydrogen-bond acceptors (Lipinski definition) is 5. The highest BCUT2D eigenvalue weighted by molar-refractivity contribution is 5.88. The number of anilines is 2. The van der Waals surface area contributed by atoms with Crippen LogP contribution in [0, 0.1) is 0 Å². The van der Waals surface area contributed by atoms with E-state index in [2.05, 4.69) is 33.1 Å². The highest BCUT2D eigenvalue weighted by Crippen LogP contribution is 2.21. The van der Waals surface area contributed by atoms with E-state index in [1.54, 1.807) is 0 Å². The van der Waals surface area contributed by atoms with Crippen molar-refractivity contribution < 1.29 is 0 Å². The minimum Gasteiger partial charge on any atom is -0.354 e. The van der Waals surface area contributed by atoms with Gasteiger partial charge in [-0.2, -0.15) is 9.97 Å². The molecular weight excluding hydrogens is 216 g/mol. The number of hydrazine groups is 1. The molecule has 0 radical (unpaired) electrons. The third kappa shape index (κ3) is 2.31. The molecule has 2 aromatic heterocycles. The molecule has 0 atom stereocenters. The maximum Gasteiger partial charge on any atom is 0.226 e. The summed E-state index contributed by atoms with van der Waals surface area (Å²) in [6.07, 6.45) is 3.02. The molecule has 0 fully saturated rings. The molecule has 6 nitrogen and oxygen atoms in total. The number of nitrogens with one attached hydrogen (secondary N) is 3. The van der Waals surface area contributed by atoms with Gasteiger partial charge in [0.2, 0.25) is 5.95 Å². The summed E-state index contributed by atoms with van der Waals surface area (Å²) in [6.45, 7) is 2.98. The molecule has 0 saturated heterocycles. The van der Waals surface area contributed by atoms with Crippen LogP contribution in [-0.2, 0) is 7.05 Å². The molecule has 3 N–H and O–H groups in total. The lowest BCUT2D eigenvalue weighted by Crippen LogP contribution is -2.17. The first kappa shape index (κ1) is 11.7. The van der Waals surface area contributed by atoms with Crippen LogP contribution in [-0.4, -0.2) is 28.1 Å². The van der Waals surface area contributed by atoms with E-state index in [9.17, 15) is 0 Å². The zero-order chi connectivity index (χ0) is 12.3. The average Bonchev–Trinajstić information content (AvgIpc) is 2.69. The van der Waals surface area contributed by atoms with Crippen LogP contribution in [0.15, 0.2) is 12.3 Å². The molecule has 92 valence electrons. The predicted octanol–water partition coefficient (Wildman–Crippen LogP) is 1.34. The standard InChI is InChI=1S/C11H18N6/c1-4-6-13-11-14-9(16-12-2)8-5-7-17(3)10(8)15-11/h5,7,12H,4,6H2,1-3H3,(H2,13,14,15,16). The largest absolute Gasteiger partial charge is 0.354 e. The Bertz CT molecular complexity index is 504. The molecule has 6 heteroatoms. The Morgan fingerprint density at radius 1 is 1.35 bits per heavy atom. The number of aryl methyl sites for hydroxylation is 1. The Balaban J connectivity index is 2.44. The fraction of sp³-hybridized carbons (Fsp3) is 0.455. The lowest BCUT2D eigenvalue weighted by Gasteiger charge is -2.09. The van der Waals surface area contributed by atoms with E-state index in [-0.39, 0.29) is 0 Å². The summed E-state index contributed by atoms with van der Waals surface area (Å²) < 4.78 is 1.98. The van der Waals surface area contributed by atoms with Gasteiger partial charge in [-0.1, -0.05) is 6.92 Å². The van der Waals surface area contributed by atoms with Crippen LogP contribution in [0.4, 0.5) is 11.8 Å². The summed E-state index contributed by atoms with van der Waals surface area (Å²) in [5, 5.41) is 4.20. The van der Waals surface area contributed by atoms with Crippen molar-refractivity contribution in [2.45, 2.75) is 13.3 Å². The van der Waals surface area contributed by atoms with Gasteiger partial charge in [-0.05, 0) is 12.5 Å². The van der Waals surface area contributed by atoms with Crippen molar-refractivity contribution in [2.24, 2.45) is 7.05 Å². The Kier molecular flexibility index (Phi) is 3.43. The third-order valence-electron chi connectivity index (χ3n) is 2.50. The highest BCUT2D eigenvalue weighted by Gasteiger charge is 2.09. The van der Waals surface area contributed by atoms with E-state index in [4.69, 9.17) is 0 Å². The number of hydrogen-bond donors (Lipinski definition) is 3. The molecule has 0 amide bonds. The van der Waals surface area contributed by atoms with Gasteiger partial charge in [-0.3, -0.25) is 0 Å². The Hall–Kier alpha value is -1.82. The molecule has 0 bridgehead atoms. The lowest BCUT2D eigenvalue weighted by molar-refractivity contribution is 0.919. The van der Waals surface area contributed by atoms with E-state index in [1.165, 1.54) is 0 Å². The van der Waals surface area contributed by atoms with Crippen molar-refractivity contribution in [1.82, 2.24) is 20.0 Å². The molecule has 0 aliphatic heterocycles. The van der Waals surface area contributed by atoms with Crippen molar-refractivity contribution in [1.29, 1.82) is 0 Å². The van der Waals surface area contributed by atoms with Gasteiger partial charge < -0.3 is 15.3 Å². The zero-order valence-corrected chi connectivity index (χ0v) is 10.4. The molecule has 17 heavy (non-hydrogen) atoms. The summed E-state index contributed by atoms with van der Waals surface area (Å²) in [5.74, 6) is 1.44. The second-order valence-electron chi connectivity index (χ2n) is 3.86. The third-order valence-corrected chi connectivity index (χ3v) is 2.50. The zero-order valence-electron chi connectivity index (χ0n) is 10.4. The van der Waals surface area contributed by atoms with Crippen LogP contribution in [0.3, 0.4) is 0 Å². The quantitative estimate of drug-likeness (QED) is 0.681. The second kappa shape index (κ2) is 5.01. The van der Waals surface area contributed by atoms with Gasteiger partial charge in [0, 0.05) is 26.8 Å². The maximum atomic E-state index is 4.49. The van der Waals surface area contributed by atoms with E-state index < -0.39 is 0 Å². The van der Waals surface area contributed by atoms with Crippen LogP contribution >= 0.6 is 0 Å². The van der Waals surface area contributed by atoms with Gasteiger partial charge in [0.25, 0.3) is 0 Å². The van der Waals surface area contributed by atoms with Gasteiger partial charge in [-0.25, -0.2) is 5.43 Å². The molecule has 2 aromatic rings. The van der Waals surface area contributed by atoms with E-state index in [1.807, 2.05) is 30.9 Å². The first-order valence-corrected chi connectivity index (χ1v) is 5.76. The molecule has 0 aromatic carbocycles. The Morgan fingerprint density at radius 2 is 2.18 bits per heavy atom. The number of fused-ring (bicyclic) bond motifs is 1. The molecule has 2 rings (SSSR count). The minimum atomic E-state index is 0.652. The summed E-state index contributed by atoms with van der Waals surface area (Å²) in [5.41, 5.74) is 6.83. The normalized spacial score (nSPS) is 10.8. The fourth-order valence-corrected chi connectivity index (χ4v) is 1.67. The average molecular weight is 234 g/mol. The van der Waals surface area contributed by atoms with E-state index in [0.29, 0.717) is 5.95 Å². The van der Waals surface area contributed by atoms with Crippen LogP contribution < -0.4 is 16.2 Å². The number of aromatic nitrogens is 3. The number of nitrogens with zero attached hydrogens (tertiary/aromatic N) is 3. The summed E-state index contributed by atoms with van der Waals surface area (Å²) in [4.78, 5) is 8.92. The van der Waals surface area contributed by atoms with Gasteiger partial charge in [0.05, 0.1) is 5.39 Å². The SMILES string of the molecule is CCCNc1nc(NNC)c2ccn(C)c2n1. The summed E-state index contributed by atoms with van der Waals surface area (Å²) >= 11 is 0. The predicted molar refractivity (Wildman–Crippen MR) is 70.0 cm³/mol. The maximum absolute atomic E-state index is 4.49. The van der Waals surface area contributed by atoms with Crippen molar-refractivity contribution in [3.63, 3.8) is 0 Å². The summed E-state index contributed by atoms with van der Waals surface area (Å²) in [7, 11) is 3.79. The molecular formula is C11H18N6. The molecule has 0 aliphatic carbocycles. The monoisotopic (exact) mass is 234 g/mol. The lowest BCUT2D eigenvalue weighted by atomic mass is 10.4. The van der Waals surface area contributed by atoms with Crippen molar-refractivity contribution >= 4 is 22.8 Å². The highest BCUT2D eigenvalue weighted by atomic mass is 15.4. The first-order chi connectivity index (χ1) is 8.26. The first-order valence-electron chi connectivity index (χ1n) is 5.76. The molecule has 2 heterocycles. The van der Waals surface area contributed by atoms with Crippen molar-refractivity contribution in [3.8, 4) is 0 Å². The molecule has 0 spiro atoms. The number of rotatable bonds is 5. The Morgan fingerprint density at radius 3 is 2.88 bits per heavy atom. The second-order valence-corrected chi connectivity index (χ2v) is 3.86. The van der Waals surface area contributed by atoms with Gasteiger partial charge in [0.1, 0.15) is 5.65 Å². The molecule has 0 unspecified atom stereocenters. The summed E-state index contributed by atoms with van der Waals surface area (Å²) in [6, 6.07) is 2.00. The Labute approximate surface area is 100 Å². The van der Waals surface area contributed by atoms with Gasteiger partial charge in [0.15, 0.2) is 5.82 Å². The van der Waals surface area contributed by atoms with Crippen LogP contribution in [0.5, 0.6) is 0 Å². The van der Waals surface area contributed by atoms with Crippen LogP contribution in [0.1, 0.15) is 13.3 Å². The van der Waals surface area contributed by atoms with E-state index >= 15 is 0 Å². The molecule has 0 saturated carbocycles. The van der Waals surface area contributed by atoms with Gasteiger partial charge in [-0.15, -0.1) is 0 Å². The molecule has 0 aliphatic rings. The van der Waals surface area contributed by atoms with Crippen LogP contribution in [0.2, 0.25) is 0 Å². The smallest absolute Gasteiger partial charge is 0.226 e.